The molecule has 4 heteroatoms. The van der Waals surface area contributed by atoms with Gasteiger partial charge in [0.2, 0.25) is 0 Å². The van der Waals surface area contributed by atoms with E-state index >= 15 is 0 Å². The van der Waals surface area contributed by atoms with Gasteiger partial charge < -0.3 is 5.11 Å². The number of hydrogen-bond acceptors (Lipinski definition) is 3. The van der Waals surface area contributed by atoms with Crippen molar-refractivity contribution in [3.63, 3.8) is 0 Å². The number of rotatable bonds is 7. The summed E-state index contributed by atoms with van der Waals surface area (Å²) in [6.07, 6.45) is 7.11. The molecule has 1 atom stereocenters. The summed E-state index contributed by atoms with van der Waals surface area (Å²) < 4.78 is 0.782. The van der Waals surface area contributed by atoms with E-state index in [9.17, 15) is 5.11 Å². The van der Waals surface area contributed by atoms with Gasteiger partial charge in [0, 0.05) is 13.0 Å². The Hall–Kier alpha value is 0.437. The van der Waals surface area contributed by atoms with Crippen LogP contribution in [0.3, 0.4) is 0 Å². The fourth-order valence-corrected chi connectivity index (χ4v) is 5.76. The third-order valence-electron chi connectivity index (χ3n) is 3.34. The smallest absolute Gasteiger partial charge is 0.129 e. The van der Waals surface area contributed by atoms with Crippen LogP contribution in [0.2, 0.25) is 19.6 Å². The van der Waals surface area contributed by atoms with Gasteiger partial charge in [0.05, 0.1) is 4.58 Å². The maximum absolute atomic E-state index is 9.50. The van der Waals surface area contributed by atoms with Gasteiger partial charge in [0.15, 0.2) is 0 Å². The van der Waals surface area contributed by atoms with Crippen LogP contribution in [0.4, 0.5) is 0 Å². The largest absolute Gasteiger partial charge is 0.396 e. The molecule has 1 aliphatic heterocycles. The molecule has 0 radical (unpaired) electrons. The van der Waals surface area contributed by atoms with E-state index in [4.69, 9.17) is 0 Å². The van der Waals surface area contributed by atoms with Crippen molar-refractivity contribution in [3.8, 4) is 11.5 Å². The zero-order chi connectivity index (χ0) is 14.8. The molecule has 0 bridgehead atoms. The first-order valence-electron chi connectivity index (χ1n) is 7.85. The zero-order valence-corrected chi connectivity index (χ0v) is 15.9. The van der Waals surface area contributed by atoms with Gasteiger partial charge in [-0.15, -0.1) is 35.0 Å². The lowest BCUT2D eigenvalue weighted by Gasteiger charge is -2.22. The highest BCUT2D eigenvalue weighted by Gasteiger charge is 2.16. The lowest BCUT2D eigenvalue weighted by atomic mass is 9.98. The SMILES string of the molecule is C[Si](C)(C)C#CCCCC(CO)CCC1SCCCS1. The highest BCUT2D eigenvalue weighted by Crippen LogP contribution is 2.34. The first kappa shape index (κ1) is 18.5. The summed E-state index contributed by atoms with van der Waals surface area (Å²) in [7, 11) is -1.20. The van der Waals surface area contributed by atoms with Gasteiger partial charge in [-0.1, -0.05) is 19.6 Å². The third kappa shape index (κ3) is 9.39. The van der Waals surface area contributed by atoms with Gasteiger partial charge in [-0.05, 0) is 49.5 Å². The molecular formula is C16H30OS2Si. The molecule has 1 N–H and O–H groups in total. The molecule has 1 saturated heterocycles. The minimum atomic E-state index is -1.20. The van der Waals surface area contributed by atoms with Crippen LogP contribution in [0.5, 0.6) is 0 Å². The van der Waals surface area contributed by atoms with Crippen molar-refractivity contribution >= 4 is 31.6 Å². The van der Waals surface area contributed by atoms with Gasteiger partial charge >= 0.3 is 0 Å². The monoisotopic (exact) mass is 330 g/mol. The Kier molecular flexibility index (Phi) is 9.44. The van der Waals surface area contributed by atoms with Crippen LogP contribution in [-0.2, 0) is 0 Å². The van der Waals surface area contributed by atoms with Crippen molar-refractivity contribution in [1.29, 1.82) is 0 Å². The fourth-order valence-electron chi connectivity index (χ4n) is 2.21. The molecule has 20 heavy (non-hydrogen) atoms. The van der Waals surface area contributed by atoms with Crippen LogP contribution in [0, 0.1) is 17.4 Å². The summed E-state index contributed by atoms with van der Waals surface area (Å²) in [5.41, 5.74) is 3.42. The molecule has 1 rings (SSSR count). The summed E-state index contributed by atoms with van der Waals surface area (Å²) in [4.78, 5) is 0. The van der Waals surface area contributed by atoms with E-state index in [0.717, 1.165) is 23.8 Å². The average molecular weight is 331 g/mol. The van der Waals surface area contributed by atoms with Gasteiger partial charge in [-0.25, -0.2) is 0 Å². The molecule has 1 nitrogen and oxygen atoms in total. The summed E-state index contributed by atoms with van der Waals surface area (Å²) in [5, 5.41) is 9.50. The van der Waals surface area contributed by atoms with Gasteiger partial charge in [0.1, 0.15) is 8.07 Å². The lowest BCUT2D eigenvalue weighted by Crippen LogP contribution is -2.16. The maximum atomic E-state index is 9.50. The van der Waals surface area contributed by atoms with Gasteiger partial charge in [-0.2, -0.15) is 0 Å². The van der Waals surface area contributed by atoms with Gasteiger partial charge in [-0.3, -0.25) is 0 Å². The first-order valence-corrected chi connectivity index (χ1v) is 13.4. The van der Waals surface area contributed by atoms with E-state index in [-0.39, 0.29) is 0 Å². The second kappa shape index (κ2) is 10.2. The Morgan fingerprint density at radius 3 is 2.50 bits per heavy atom. The minimum Gasteiger partial charge on any atom is -0.396 e. The van der Waals surface area contributed by atoms with Crippen LogP contribution >= 0.6 is 23.5 Å². The number of hydrogen-bond donors (Lipinski definition) is 1. The molecular weight excluding hydrogens is 300 g/mol. The average Bonchev–Trinajstić information content (AvgIpc) is 2.42. The van der Waals surface area contributed by atoms with Crippen LogP contribution < -0.4 is 0 Å². The summed E-state index contributed by atoms with van der Waals surface area (Å²) in [5.74, 6) is 6.48. The standard InChI is InChI=1S/C16H30OS2Si/c1-20(2,3)13-6-4-5-8-15(14-17)9-10-16-18-11-7-12-19-16/h15-17H,4-5,7-12,14H2,1-3H3. The Bertz CT molecular complexity index is 311. The van der Waals surface area contributed by atoms with Gasteiger partial charge in [0.25, 0.3) is 0 Å². The molecule has 0 aliphatic carbocycles. The summed E-state index contributed by atoms with van der Waals surface area (Å²) in [6, 6.07) is 0. The predicted molar refractivity (Wildman–Crippen MR) is 98.1 cm³/mol. The highest BCUT2D eigenvalue weighted by atomic mass is 32.2. The molecule has 1 unspecified atom stereocenters. The molecule has 1 fully saturated rings. The van der Waals surface area contributed by atoms with E-state index in [2.05, 4.69) is 54.6 Å². The lowest BCUT2D eigenvalue weighted by molar-refractivity contribution is 0.208. The highest BCUT2D eigenvalue weighted by molar-refractivity contribution is 8.17. The molecule has 0 aromatic heterocycles. The molecule has 116 valence electrons. The molecule has 0 saturated carbocycles. The molecule has 0 aromatic carbocycles. The van der Waals surface area contributed by atoms with E-state index in [1.807, 2.05) is 0 Å². The van der Waals surface area contributed by atoms with Crippen molar-refractivity contribution in [2.75, 3.05) is 18.1 Å². The van der Waals surface area contributed by atoms with Crippen LogP contribution in [0.1, 0.15) is 38.5 Å². The summed E-state index contributed by atoms with van der Waals surface area (Å²) >= 11 is 4.23. The van der Waals surface area contributed by atoms with E-state index < -0.39 is 8.07 Å². The third-order valence-corrected chi connectivity index (χ3v) is 7.35. The van der Waals surface area contributed by atoms with Crippen LogP contribution in [0.15, 0.2) is 0 Å². The van der Waals surface area contributed by atoms with E-state index in [0.29, 0.717) is 12.5 Å². The number of thioether (sulfide) groups is 2. The Morgan fingerprint density at radius 1 is 1.20 bits per heavy atom. The predicted octanol–water partition coefficient (Wildman–Crippen LogP) is 4.62. The second-order valence-electron chi connectivity index (χ2n) is 6.59. The Labute approximate surface area is 135 Å². The van der Waals surface area contributed by atoms with Crippen molar-refractivity contribution in [2.24, 2.45) is 5.92 Å². The molecule has 1 heterocycles. The number of unbranched alkanes of at least 4 members (excludes halogenated alkanes) is 1. The Morgan fingerprint density at radius 2 is 1.90 bits per heavy atom. The zero-order valence-electron chi connectivity index (χ0n) is 13.3. The molecule has 1 aliphatic rings. The summed E-state index contributed by atoms with van der Waals surface area (Å²) in [6.45, 7) is 7.21. The van der Waals surface area contributed by atoms with Crippen molar-refractivity contribution < 1.29 is 5.11 Å². The second-order valence-corrected chi connectivity index (χ2v) is 14.3. The molecule has 0 spiro atoms. The normalized spacial score (nSPS) is 18.4. The maximum Gasteiger partial charge on any atom is 0.129 e. The van der Waals surface area contributed by atoms with Crippen LogP contribution in [0.25, 0.3) is 0 Å². The quantitative estimate of drug-likeness (QED) is 0.418. The fraction of sp³-hybridized carbons (Fsp3) is 0.875. The first-order chi connectivity index (χ1) is 9.51. The van der Waals surface area contributed by atoms with E-state index in [1.54, 1.807) is 0 Å². The van der Waals surface area contributed by atoms with Crippen molar-refractivity contribution in [2.45, 2.75) is 62.7 Å². The van der Waals surface area contributed by atoms with Crippen LogP contribution in [-0.4, -0.2) is 35.9 Å². The van der Waals surface area contributed by atoms with E-state index in [1.165, 1.54) is 30.8 Å². The van der Waals surface area contributed by atoms with Crippen molar-refractivity contribution in [3.05, 3.63) is 0 Å². The number of aliphatic hydroxyl groups is 1. The molecule has 0 aromatic rings. The Balaban J connectivity index is 2.13. The minimum absolute atomic E-state index is 0.351. The van der Waals surface area contributed by atoms with Crippen molar-refractivity contribution in [1.82, 2.24) is 0 Å². The number of aliphatic hydroxyl groups excluding tert-OH is 1. The topological polar surface area (TPSA) is 20.2 Å². The molecule has 0 amide bonds.